The number of amides is 3. The van der Waals surface area contributed by atoms with E-state index in [2.05, 4.69) is 18.3 Å². The fraction of sp³-hybridized carbons (Fsp3) is 0.500. The number of hydrogen-bond acceptors (Lipinski definition) is 5. The number of rotatable bonds is 8. The Morgan fingerprint density at radius 2 is 1.84 bits per heavy atom. The number of fused-ring (bicyclic) bond motifs is 1. The van der Waals surface area contributed by atoms with Crippen molar-refractivity contribution in [3.05, 3.63) is 45.6 Å². The Labute approximate surface area is 194 Å². The number of nitrogens with one attached hydrogen (secondary N) is 1. The minimum absolute atomic E-state index is 0.0325. The summed E-state index contributed by atoms with van der Waals surface area (Å²) >= 11 is 1.64. The Kier molecular flexibility index (Phi) is 7.66. The number of ether oxygens (including phenoxy) is 2. The second-order valence-corrected chi connectivity index (χ2v) is 10.1. The number of hydrogen-bond donors (Lipinski definition) is 1. The van der Waals surface area contributed by atoms with Crippen molar-refractivity contribution in [2.45, 2.75) is 59.7 Å². The van der Waals surface area contributed by atoms with Crippen LogP contribution in [0.3, 0.4) is 0 Å². The summed E-state index contributed by atoms with van der Waals surface area (Å²) in [7, 11) is 0. The SMILES string of the molecule is CCCN(CC(=O)N(Cc1ccc2c(c1)OCO2)Cc1sccc1C)C(=O)NC(C)(C)C. The average Bonchev–Trinajstić information content (AvgIpc) is 3.34. The van der Waals surface area contributed by atoms with Crippen LogP contribution in [-0.2, 0) is 17.9 Å². The molecule has 3 amide bonds. The van der Waals surface area contributed by atoms with E-state index in [9.17, 15) is 9.59 Å². The predicted octanol–water partition coefficient (Wildman–Crippen LogP) is 4.53. The van der Waals surface area contributed by atoms with Gasteiger partial charge in [-0.25, -0.2) is 4.79 Å². The largest absolute Gasteiger partial charge is 0.454 e. The zero-order chi connectivity index (χ0) is 23.3. The van der Waals surface area contributed by atoms with Gasteiger partial charge in [-0.15, -0.1) is 11.3 Å². The fourth-order valence-electron chi connectivity index (χ4n) is 3.42. The van der Waals surface area contributed by atoms with E-state index < -0.39 is 0 Å². The lowest BCUT2D eigenvalue weighted by Gasteiger charge is -2.30. The molecule has 8 heteroatoms. The molecule has 0 fully saturated rings. The molecule has 7 nitrogen and oxygen atoms in total. The molecule has 1 aliphatic heterocycles. The van der Waals surface area contributed by atoms with Gasteiger partial charge >= 0.3 is 6.03 Å². The second kappa shape index (κ2) is 10.3. The Hall–Kier alpha value is -2.74. The molecule has 32 heavy (non-hydrogen) atoms. The first kappa shape index (κ1) is 23.9. The molecule has 0 atom stereocenters. The number of urea groups is 1. The van der Waals surface area contributed by atoms with Gasteiger partial charge in [0.15, 0.2) is 11.5 Å². The summed E-state index contributed by atoms with van der Waals surface area (Å²) in [5, 5.41) is 5.00. The quantitative estimate of drug-likeness (QED) is 0.629. The highest BCUT2D eigenvalue weighted by Gasteiger charge is 2.25. The molecule has 0 saturated heterocycles. The minimum Gasteiger partial charge on any atom is -0.454 e. The minimum atomic E-state index is -0.369. The maximum absolute atomic E-state index is 13.4. The molecular weight excluding hydrogens is 426 g/mol. The Morgan fingerprint density at radius 1 is 1.09 bits per heavy atom. The Morgan fingerprint density at radius 3 is 2.50 bits per heavy atom. The maximum Gasteiger partial charge on any atom is 0.318 e. The lowest BCUT2D eigenvalue weighted by molar-refractivity contribution is -0.133. The molecule has 0 aliphatic carbocycles. The van der Waals surface area contributed by atoms with E-state index in [0.29, 0.717) is 31.1 Å². The summed E-state index contributed by atoms with van der Waals surface area (Å²) in [5.41, 5.74) is 1.75. The number of benzene rings is 1. The second-order valence-electron chi connectivity index (χ2n) is 9.07. The van der Waals surface area contributed by atoms with E-state index >= 15 is 0 Å². The van der Waals surface area contributed by atoms with Crippen LogP contribution >= 0.6 is 11.3 Å². The van der Waals surface area contributed by atoms with Crippen molar-refractivity contribution in [2.24, 2.45) is 0 Å². The number of carbonyl (C=O) groups excluding carboxylic acids is 2. The fourth-order valence-corrected chi connectivity index (χ4v) is 4.34. The summed E-state index contributed by atoms with van der Waals surface area (Å²) < 4.78 is 10.9. The van der Waals surface area contributed by atoms with Crippen molar-refractivity contribution < 1.29 is 19.1 Å². The molecule has 174 valence electrons. The summed E-state index contributed by atoms with van der Waals surface area (Å²) in [6.07, 6.45) is 0.775. The van der Waals surface area contributed by atoms with Gasteiger partial charge in [0, 0.05) is 23.5 Å². The van der Waals surface area contributed by atoms with Gasteiger partial charge in [-0.3, -0.25) is 4.79 Å². The number of thiophene rings is 1. The summed E-state index contributed by atoms with van der Waals surface area (Å²) in [5.74, 6) is 1.32. The van der Waals surface area contributed by atoms with Crippen LogP contribution in [0.25, 0.3) is 0 Å². The van der Waals surface area contributed by atoms with Gasteiger partial charge in [-0.1, -0.05) is 13.0 Å². The van der Waals surface area contributed by atoms with Gasteiger partial charge in [-0.2, -0.15) is 0 Å². The highest BCUT2D eigenvalue weighted by Crippen LogP contribution is 2.33. The molecule has 0 bridgehead atoms. The molecule has 1 aliphatic rings. The molecule has 2 aromatic rings. The smallest absolute Gasteiger partial charge is 0.318 e. The molecule has 1 aromatic heterocycles. The van der Waals surface area contributed by atoms with Crippen LogP contribution in [0.1, 0.15) is 50.1 Å². The van der Waals surface area contributed by atoms with Gasteiger partial charge in [0.2, 0.25) is 12.7 Å². The first-order valence-electron chi connectivity index (χ1n) is 10.9. The molecule has 2 heterocycles. The van der Waals surface area contributed by atoms with Crippen LogP contribution < -0.4 is 14.8 Å². The summed E-state index contributed by atoms with van der Waals surface area (Å²) in [4.78, 5) is 30.8. The van der Waals surface area contributed by atoms with Crippen molar-refractivity contribution >= 4 is 23.3 Å². The lowest BCUT2D eigenvalue weighted by Crippen LogP contribution is -2.51. The van der Waals surface area contributed by atoms with Gasteiger partial charge in [-0.05, 0) is 68.8 Å². The maximum atomic E-state index is 13.4. The van der Waals surface area contributed by atoms with Crippen LogP contribution in [0.2, 0.25) is 0 Å². The Balaban J connectivity index is 1.78. The van der Waals surface area contributed by atoms with Crippen LogP contribution in [0.15, 0.2) is 29.6 Å². The van der Waals surface area contributed by atoms with Crippen molar-refractivity contribution in [1.29, 1.82) is 0 Å². The van der Waals surface area contributed by atoms with Crippen LogP contribution in [0, 0.1) is 6.92 Å². The number of carbonyl (C=O) groups is 2. The third-order valence-electron chi connectivity index (χ3n) is 5.05. The van der Waals surface area contributed by atoms with Crippen LogP contribution in [0.4, 0.5) is 4.79 Å². The van der Waals surface area contributed by atoms with E-state index in [-0.39, 0.29) is 30.8 Å². The van der Waals surface area contributed by atoms with E-state index in [0.717, 1.165) is 22.4 Å². The standard InChI is InChI=1S/C24H33N3O4S/c1-6-10-26(23(29)25-24(3,4)5)15-22(28)27(14-21-17(2)9-11-32-21)13-18-7-8-19-20(12-18)31-16-30-19/h7-9,11-12H,6,10,13-16H2,1-5H3,(H,25,29). The third-order valence-corrected chi connectivity index (χ3v) is 6.06. The van der Waals surface area contributed by atoms with Crippen LogP contribution in [-0.4, -0.2) is 47.2 Å². The molecule has 0 unspecified atom stereocenters. The monoisotopic (exact) mass is 459 g/mol. The zero-order valence-electron chi connectivity index (χ0n) is 19.6. The molecule has 1 aromatic carbocycles. The normalized spacial score (nSPS) is 12.5. The van der Waals surface area contributed by atoms with Gasteiger partial charge < -0.3 is 24.6 Å². The van der Waals surface area contributed by atoms with Crippen molar-refractivity contribution in [3.8, 4) is 11.5 Å². The van der Waals surface area contributed by atoms with Crippen molar-refractivity contribution in [3.63, 3.8) is 0 Å². The van der Waals surface area contributed by atoms with Gasteiger partial charge in [0.05, 0.1) is 6.54 Å². The average molecular weight is 460 g/mol. The van der Waals surface area contributed by atoms with E-state index in [4.69, 9.17) is 9.47 Å². The highest BCUT2D eigenvalue weighted by atomic mass is 32.1. The molecule has 1 N–H and O–H groups in total. The summed E-state index contributed by atoms with van der Waals surface area (Å²) in [6.45, 7) is 11.5. The molecule has 0 saturated carbocycles. The highest BCUT2D eigenvalue weighted by molar-refractivity contribution is 7.10. The number of nitrogens with zero attached hydrogens (tertiary/aromatic N) is 2. The first-order valence-corrected chi connectivity index (χ1v) is 11.8. The predicted molar refractivity (Wildman–Crippen MR) is 126 cm³/mol. The van der Waals surface area contributed by atoms with Gasteiger partial charge in [0.25, 0.3) is 0 Å². The van der Waals surface area contributed by atoms with Gasteiger partial charge in [0.1, 0.15) is 6.54 Å². The van der Waals surface area contributed by atoms with E-state index in [1.54, 1.807) is 16.2 Å². The lowest BCUT2D eigenvalue weighted by atomic mass is 10.1. The topological polar surface area (TPSA) is 71.1 Å². The van der Waals surface area contributed by atoms with E-state index in [1.165, 1.54) is 0 Å². The first-order chi connectivity index (χ1) is 15.2. The summed E-state index contributed by atoms with van der Waals surface area (Å²) in [6, 6.07) is 7.58. The molecule has 0 radical (unpaired) electrons. The molecule has 0 spiro atoms. The Bertz CT molecular complexity index is 951. The zero-order valence-corrected chi connectivity index (χ0v) is 20.4. The van der Waals surface area contributed by atoms with Crippen molar-refractivity contribution in [1.82, 2.24) is 15.1 Å². The number of aryl methyl sites for hydroxylation is 1. The van der Waals surface area contributed by atoms with Crippen molar-refractivity contribution in [2.75, 3.05) is 19.9 Å². The third kappa shape index (κ3) is 6.38. The van der Waals surface area contributed by atoms with E-state index in [1.807, 2.05) is 56.2 Å². The molecule has 3 rings (SSSR count). The van der Waals surface area contributed by atoms with Crippen LogP contribution in [0.5, 0.6) is 11.5 Å². The molecular formula is C24H33N3O4S.